The fraction of sp³-hybridized carbons (Fsp3) is 0.222. The largest absolute Gasteiger partial charge is 0.302 e. The van der Waals surface area contributed by atoms with Crippen molar-refractivity contribution >= 4 is 33.2 Å². The van der Waals surface area contributed by atoms with Crippen LogP contribution in [0.5, 0.6) is 0 Å². The van der Waals surface area contributed by atoms with Crippen molar-refractivity contribution < 1.29 is 0 Å². The number of nitrogens with zero attached hydrogens (tertiary/aromatic N) is 2. The van der Waals surface area contributed by atoms with E-state index in [0.717, 1.165) is 21.7 Å². The summed E-state index contributed by atoms with van der Waals surface area (Å²) < 4.78 is 3.04. The second kappa shape index (κ2) is 3.72. The van der Waals surface area contributed by atoms with Gasteiger partial charge in [-0.1, -0.05) is 6.07 Å². The molecule has 0 amide bonds. The summed E-state index contributed by atoms with van der Waals surface area (Å²) in [4.78, 5) is 4.44. The van der Waals surface area contributed by atoms with E-state index in [1.165, 1.54) is 0 Å². The van der Waals surface area contributed by atoms with Crippen LogP contribution < -0.4 is 0 Å². The van der Waals surface area contributed by atoms with Gasteiger partial charge in [-0.3, -0.25) is 0 Å². The Hall–Kier alpha value is -0.480. The highest BCUT2D eigenvalue weighted by Crippen LogP contribution is 2.20. The molecule has 2 aromatic heterocycles. The maximum Gasteiger partial charge on any atom is 0.132 e. The molecule has 2 aromatic rings. The number of imidazole rings is 1. The van der Waals surface area contributed by atoms with E-state index in [1.807, 2.05) is 18.3 Å². The second-order valence-corrected chi connectivity index (χ2v) is 4.32. The molecule has 0 saturated heterocycles. The third-order valence-electron chi connectivity index (χ3n) is 1.85. The number of rotatable bonds is 2. The number of aromatic nitrogens is 2. The monoisotopic (exact) mass is 256 g/mol. The Kier molecular flexibility index (Phi) is 2.60. The van der Waals surface area contributed by atoms with E-state index < -0.39 is 0 Å². The minimum absolute atomic E-state index is 0.928. The van der Waals surface area contributed by atoms with E-state index in [-0.39, 0.29) is 0 Å². The van der Waals surface area contributed by atoms with Gasteiger partial charge in [0.05, 0.1) is 11.3 Å². The molecule has 4 heteroatoms. The minimum Gasteiger partial charge on any atom is -0.302 e. The van der Waals surface area contributed by atoms with E-state index in [2.05, 4.69) is 37.6 Å². The average Bonchev–Trinajstić information content (AvgIpc) is 2.46. The SMILES string of the molecule is CSCc1nc(Br)c2ccccn12. The normalized spacial score (nSPS) is 10.9. The molecule has 0 atom stereocenters. The van der Waals surface area contributed by atoms with Crippen LogP contribution in [-0.2, 0) is 5.75 Å². The number of hydrogen-bond donors (Lipinski definition) is 0. The number of fused-ring (bicyclic) bond motifs is 1. The molecule has 0 aliphatic carbocycles. The van der Waals surface area contributed by atoms with Gasteiger partial charge in [-0.05, 0) is 34.3 Å². The molecule has 2 rings (SSSR count). The predicted molar refractivity (Wildman–Crippen MR) is 60.1 cm³/mol. The Morgan fingerprint density at radius 3 is 3.15 bits per heavy atom. The Labute approximate surface area is 89.5 Å². The third-order valence-corrected chi connectivity index (χ3v) is 2.98. The van der Waals surface area contributed by atoms with Crippen molar-refractivity contribution in [2.75, 3.05) is 6.26 Å². The molecule has 0 aromatic carbocycles. The molecule has 0 aliphatic rings. The molecule has 0 saturated carbocycles. The van der Waals surface area contributed by atoms with Crippen molar-refractivity contribution in [2.45, 2.75) is 5.75 Å². The van der Waals surface area contributed by atoms with Crippen molar-refractivity contribution in [1.82, 2.24) is 9.38 Å². The Balaban J connectivity index is 2.63. The molecule has 2 heterocycles. The van der Waals surface area contributed by atoms with Crippen molar-refractivity contribution in [3.05, 3.63) is 34.8 Å². The Bertz CT molecular complexity index is 424. The first kappa shape index (κ1) is 9.09. The number of halogens is 1. The van der Waals surface area contributed by atoms with E-state index >= 15 is 0 Å². The lowest BCUT2D eigenvalue weighted by molar-refractivity contribution is 1.02. The molecular formula is C9H9BrN2S. The van der Waals surface area contributed by atoms with Crippen molar-refractivity contribution in [2.24, 2.45) is 0 Å². The Morgan fingerprint density at radius 2 is 2.38 bits per heavy atom. The molecule has 68 valence electrons. The van der Waals surface area contributed by atoms with Crippen LogP contribution in [0.1, 0.15) is 5.82 Å². The van der Waals surface area contributed by atoms with Gasteiger partial charge >= 0.3 is 0 Å². The van der Waals surface area contributed by atoms with Crippen molar-refractivity contribution in [3.8, 4) is 0 Å². The second-order valence-electron chi connectivity index (χ2n) is 2.71. The summed E-state index contributed by atoms with van der Waals surface area (Å²) in [7, 11) is 0. The Morgan fingerprint density at radius 1 is 1.54 bits per heavy atom. The van der Waals surface area contributed by atoms with Gasteiger partial charge in [-0.2, -0.15) is 11.8 Å². The van der Waals surface area contributed by atoms with Crippen LogP contribution in [0, 0.1) is 0 Å². The first-order chi connectivity index (χ1) is 6.33. The summed E-state index contributed by atoms with van der Waals surface area (Å²) in [6.45, 7) is 0. The van der Waals surface area contributed by atoms with Crippen LogP contribution in [0.15, 0.2) is 29.0 Å². The first-order valence-corrected chi connectivity index (χ1v) is 6.12. The quantitative estimate of drug-likeness (QED) is 0.822. The van der Waals surface area contributed by atoms with Crippen LogP contribution in [0.4, 0.5) is 0 Å². The molecule has 13 heavy (non-hydrogen) atoms. The molecule has 0 radical (unpaired) electrons. The lowest BCUT2D eigenvalue weighted by Crippen LogP contribution is -1.90. The molecule has 0 bridgehead atoms. The molecule has 0 spiro atoms. The number of pyridine rings is 1. The summed E-state index contributed by atoms with van der Waals surface area (Å²) in [5.41, 5.74) is 1.13. The molecular weight excluding hydrogens is 248 g/mol. The maximum absolute atomic E-state index is 4.44. The smallest absolute Gasteiger partial charge is 0.132 e. The zero-order valence-electron chi connectivity index (χ0n) is 7.20. The molecule has 2 nitrogen and oxygen atoms in total. The van der Waals surface area contributed by atoms with E-state index in [1.54, 1.807) is 11.8 Å². The van der Waals surface area contributed by atoms with Gasteiger partial charge in [0.25, 0.3) is 0 Å². The van der Waals surface area contributed by atoms with Gasteiger partial charge in [0, 0.05) is 6.20 Å². The van der Waals surface area contributed by atoms with Crippen LogP contribution in [0.2, 0.25) is 0 Å². The fourth-order valence-corrected chi connectivity index (χ4v) is 2.28. The lowest BCUT2D eigenvalue weighted by Gasteiger charge is -1.96. The van der Waals surface area contributed by atoms with Crippen molar-refractivity contribution in [1.29, 1.82) is 0 Å². The zero-order chi connectivity index (χ0) is 9.26. The predicted octanol–water partition coefficient (Wildman–Crippen LogP) is 2.96. The summed E-state index contributed by atoms with van der Waals surface area (Å²) in [5.74, 6) is 2.03. The highest BCUT2D eigenvalue weighted by molar-refractivity contribution is 9.10. The standard InChI is InChI=1S/C9H9BrN2S/c1-13-6-8-11-9(10)7-4-2-3-5-12(7)8/h2-5H,6H2,1H3. The van der Waals surface area contributed by atoms with Gasteiger partial charge < -0.3 is 4.40 Å². The highest BCUT2D eigenvalue weighted by Gasteiger charge is 2.06. The van der Waals surface area contributed by atoms with Gasteiger partial charge in [-0.25, -0.2) is 4.98 Å². The van der Waals surface area contributed by atoms with Crippen LogP contribution >= 0.6 is 27.7 Å². The third kappa shape index (κ3) is 1.60. The van der Waals surface area contributed by atoms with Gasteiger partial charge in [0.15, 0.2) is 0 Å². The molecule has 0 aliphatic heterocycles. The topological polar surface area (TPSA) is 17.3 Å². The molecule has 0 unspecified atom stereocenters. The van der Waals surface area contributed by atoms with Gasteiger partial charge in [0.2, 0.25) is 0 Å². The number of hydrogen-bond acceptors (Lipinski definition) is 2. The van der Waals surface area contributed by atoms with E-state index in [0.29, 0.717) is 0 Å². The summed E-state index contributed by atoms with van der Waals surface area (Å²) in [5, 5.41) is 0. The minimum atomic E-state index is 0.928. The van der Waals surface area contributed by atoms with Gasteiger partial charge in [0.1, 0.15) is 10.4 Å². The number of thioether (sulfide) groups is 1. The lowest BCUT2D eigenvalue weighted by atomic mass is 10.4. The highest BCUT2D eigenvalue weighted by atomic mass is 79.9. The summed E-state index contributed by atoms with van der Waals surface area (Å²) in [6, 6.07) is 6.09. The summed E-state index contributed by atoms with van der Waals surface area (Å²) >= 11 is 5.23. The van der Waals surface area contributed by atoms with E-state index in [4.69, 9.17) is 0 Å². The fourth-order valence-electron chi connectivity index (χ4n) is 1.29. The van der Waals surface area contributed by atoms with E-state index in [9.17, 15) is 0 Å². The maximum atomic E-state index is 4.44. The van der Waals surface area contributed by atoms with Crippen LogP contribution in [-0.4, -0.2) is 15.6 Å². The average molecular weight is 257 g/mol. The zero-order valence-corrected chi connectivity index (χ0v) is 9.60. The van der Waals surface area contributed by atoms with Crippen LogP contribution in [0.3, 0.4) is 0 Å². The molecule has 0 fully saturated rings. The first-order valence-electron chi connectivity index (χ1n) is 3.93. The van der Waals surface area contributed by atoms with Crippen molar-refractivity contribution in [3.63, 3.8) is 0 Å². The van der Waals surface area contributed by atoms with Crippen LogP contribution in [0.25, 0.3) is 5.52 Å². The summed E-state index contributed by atoms with van der Waals surface area (Å²) in [6.07, 6.45) is 4.12. The van der Waals surface area contributed by atoms with Gasteiger partial charge in [-0.15, -0.1) is 0 Å². The molecule has 0 N–H and O–H groups in total.